The van der Waals surface area contributed by atoms with Crippen molar-refractivity contribution in [3.8, 4) is 0 Å². The molecule has 1 aliphatic heterocycles. The van der Waals surface area contributed by atoms with Gasteiger partial charge in [-0.2, -0.15) is 0 Å². The molecule has 0 aromatic heterocycles. The van der Waals surface area contributed by atoms with E-state index in [9.17, 15) is 5.11 Å². The molecule has 2 heteroatoms. The maximum atomic E-state index is 10.2. The maximum absolute atomic E-state index is 10.2. The van der Waals surface area contributed by atoms with Crippen molar-refractivity contribution in [1.29, 1.82) is 0 Å². The van der Waals surface area contributed by atoms with Gasteiger partial charge in [-0.15, -0.1) is 0 Å². The van der Waals surface area contributed by atoms with E-state index in [0.717, 1.165) is 30.9 Å². The average molecular weight is 260 g/mol. The summed E-state index contributed by atoms with van der Waals surface area (Å²) in [6.45, 7) is 0.923. The molecule has 1 saturated carbocycles. The molecule has 2 nitrogen and oxygen atoms in total. The first kappa shape index (κ1) is 13.1. The number of ether oxygens (including phenoxy) is 1. The van der Waals surface area contributed by atoms with Gasteiger partial charge in [-0.3, -0.25) is 0 Å². The SMILES string of the molecule is OC(CCC1CCOC2(CCC2)C1)c1ccccc1. The second-order valence-electron chi connectivity index (χ2n) is 6.25. The summed E-state index contributed by atoms with van der Waals surface area (Å²) in [7, 11) is 0. The van der Waals surface area contributed by atoms with Crippen molar-refractivity contribution in [2.75, 3.05) is 6.61 Å². The number of rotatable bonds is 4. The maximum Gasteiger partial charge on any atom is 0.0790 e. The topological polar surface area (TPSA) is 29.5 Å². The van der Waals surface area contributed by atoms with Crippen LogP contribution < -0.4 is 0 Å². The van der Waals surface area contributed by atoms with E-state index in [4.69, 9.17) is 4.74 Å². The Balaban J connectivity index is 1.49. The predicted octanol–water partition coefficient (Wildman–Crippen LogP) is 3.85. The molecule has 0 radical (unpaired) electrons. The van der Waals surface area contributed by atoms with Crippen LogP contribution in [0, 0.1) is 5.92 Å². The van der Waals surface area contributed by atoms with Gasteiger partial charge in [-0.1, -0.05) is 30.3 Å². The molecule has 0 bridgehead atoms. The summed E-state index contributed by atoms with van der Waals surface area (Å²) in [5.74, 6) is 0.743. The molecule has 104 valence electrons. The zero-order chi connectivity index (χ0) is 13.1. The number of hydrogen-bond donors (Lipinski definition) is 1. The molecular formula is C17H24O2. The summed E-state index contributed by atoms with van der Waals surface area (Å²) in [4.78, 5) is 0. The molecule has 1 N–H and O–H groups in total. The van der Waals surface area contributed by atoms with Gasteiger partial charge in [0, 0.05) is 6.61 Å². The van der Waals surface area contributed by atoms with Crippen molar-refractivity contribution >= 4 is 0 Å². The normalized spacial score (nSPS) is 26.9. The van der Waals surface area contributed by atoms with E-state index in [-0.39, 0.29) is 11.7 Å². The van der Waals surface area contributed by atoms with Crippen LogP contribution in [0.3, 0.4) is 0 Å². The van der Waals surface area contributed by atoms with E-state index in [2.05, 4.69) is 0 Å². The van der Waals surface area contributed by atoms with Gasteiger partial charge in [0.05, 0.1) is 11.7 Å². The minimum Gasteiger partial charge on any atom is -0.388 e. The van der Waals surface area contributed by atoms with Crippen LogP contribution in [-0.4, -0.2) is 17.3 Å². The van der Waals surface area contributed by atoms with Gasteiger partial charge in [0.15, 0.2) is 0 Å². The van der Waals surface area contributed by atoms with Crippen molar-refractivity contribution in [3.05, 3.63) is 35.9 Å². The van der Waals surface area contributed by atoms with E-state index < -0.39 is 0 Å². The summed E-state index contributed by atoms with van der Waals surface area (Å²) >= 11 is 0. The van der Waals surface area contributed by atoms with Crippen LogP contribution in [0.1, 0.15) is 56.6 Å². The highest BCUT2D eigenvalue weighted by atomic mass is 16.5. The molecule has 2 aliphatic rings. The van der Waals surface area contributed by atoms with Crippen LogP contribution in [0.2, 0.25) is 0 Å². The highest BCUT2D eigenvalue weighted by Crippen LogP contribution is 2.45. The van der Waals surface area contributed by atoms with Gasteiger partial charge in [0.2, 0.25) is 0 Å². The minimum atomic E-state index is -0.304. The smallest absolute Gasteiger partial charge is 0.0790 e. The third-order valence-corrected chi connectivity index (χ3v) is 4.89. The third-order valence-electron chi connectivity index (χ3n) is 4.89. The predicted molar refractivity (Wildman–Crippen MR) is 75.9 cm³/mol. The summed E-state index contributed by atoms with van der Waals surface area (Å²) in [6.07, 6.45) is 7.93. The molecule has 2 unspecified atom stereocenters. The van der Waals surface area contributed by atoms with E-state index in [1.165, 1.54) is 32.1 Å². The van der Waals surface area contributed by atoms with Gasteiger partial charge >= 0.3 is 0 Å². The molecule has 1 spiro atoms. The molecule has 1 aromatic carbocycles. The van der Waals surface area contributed by atoms with Crippen molar-refractivity contribution in [3.63, 3.8) is 0 Å². The Morgan fingerprint density at radius 2 is 2.05 bits per heavy atom. The quantitative estimate of drug-likeness (QED) is 0.891. The Morgan fingerprint density at radius 1 is 1.26 bits per heavy atom. The molecule has 1 heterocycles. The minimum absolute atomic E-state index is 0.237. The lowest BCUT2D eigenvalue weighted by Gasteiger charge is -2.47. The van der Waals surface area contributed by atoms with Crippen LogP contribution >= 0.6 is 0 Å². The Hall–Kier alpha value is -0.860. The fourth-order valence-electron chi connectivity index (χ4n) is 3.53. The lowest BCUT2D eigenvalue weighted by Crippen LogP contribution is -2.45. The Kier molecular flexibility index (Phi) is 3.90. The van der Waals surface area contributed by atoms with Crippen molar-refractivity contribution < 1.29 is 9.84 Å². The largest absolute Gasteiger partial charge is 0.388 e. The molecule has 2 fully saturated rings. The van der Waals surface area contributed by atoms with Crippen LogP contribution in [-0.2, 0) is 4.74 Å². The van der Waals surface area contributed by atoms with Crippen molar-refractivity contribution in [2.45, 2.75) is 56.7 Å². The van der Waals surface area contributed by atoms with E-state index in [1.54, 1.807) is 0 Å². The first-order chi connectivity index (χ1) is 9.27. The average Bonchev–Trinajstić information content (AvgIpc) is 2.44. The molecule has 1 saturated heterocycles. The van der Waals surface area contributed by atoms with Gasteiger partial charge < -0.3 is 9.84 Å². The molecule has 19 heavy (non-hydrogen) atoms. The lowest BCUT2D eigenvalue weighted by atomic mass is 9.71. The highest BCUT2D eigenvalue weighted by molar-refractivity contribution is 5.17. The van der Waals surface area contributed by atoms with Gasteiger partial charge in [-0.25, -0.2) is 0 Å². The third kappa shape index (κ3) is 3.01. The summed E-state index contributed by atoms with van der Waals surface area (Å²) < 4.78 is 5.96. The fourth-order valence-corrected chi connectivity index (χ4v) is 3.53. The van der Waals surface area contributed by atoms with Crippen molar-refractivity contribution in [1.82, 2.24) is 0 Å². The number of hydrogen-bond acceptors (Lipinski definition) is 2. The number of aliphatic hydroxyl groups is 1. The zero-order valence-electron chi connectivity index (χ0n) is 11.6. The van der Waals surface area contributed by atoms with E-state index in [1.807, 2.05) is 30.3 Å². The second kappa shape index (κ2) is 5.64. The second-order valence-corrected chi connectivity index (χ2v) is 6.25. The standard InChI is InChI=1S/C17H24O2/c18-16(15-5-2-1-3-6-15)8-7-14-9-12-19-17(13-14)10-4-11-17/h1-3,5-6,14,16,18H,4,7-13H2. The Labute approximate surface area is 115 Å². The van der Waals surface area contributed by atoms with Gasteiger partial charge in [0.25, 0.3) is 0 Å². The van der Waals surface area contributed by atoms with E-state index in [0.29, 0.717) is 0 Å². The Morgan fingerprint density at radius 3 is 2.74 bits per heavy atom. The van der Waals surface area contributed by atoms with Crippen LogP contribution in [0.15, 0.2) is 30.3 Å². The molecular weight excluding hydrogens is 236 g/mol. The summed E-state index contributed by atoms with van der Waals surface area (Å²) in [5.41, 5.74) is 1.29. The highest BCUT2D eigenvalue weighted by Gasteiger charge is 2.42. The van der Waals surface area contributed by atoms with Crippen molar-refractivity contribution in [2.24, 2.45) is 5.92 Å². The number of benzene rings is 1. The number of aliphatic hydroxyl groups excluding tert-OH is 1. The van der Waals surface area contributed by atoms with Crippen LogP contribution in [0.4, 0.5) is 0 Å². The Bertz CT molecular complexity index is 397. The molecule has 0 amide bonds. The molecule has 1 aromatic rings. The summed E-state index contributed by atoms with van der Waals surface area (Å²) in [5, 5.41) is 10.2. The molecule has 3 rings (SSSR count). The lowest BCUT2D eigenvalue weighted by molar-refractivity contribution is -0.144. The van der Waals surface area contributed by atoms with Crippen LogP contribution in [0.25, 0.3) is 0 Å². The van der Waals surface area contributed by atoms with Gasteiger partial charge in [-0.05, 0) is 56.4 Å². The molecule has 1 aliphatic carbocycles. The fraction of sp³-hybridized carbons (Fsp3) is 0.647. The summed E-state index contributed by atoms with van der Waals surface area (Å²) in [6, 6.07) is 10.0. The molecule has 2 atom stereocenters. The first-order valence-corrected chi connectivity index (χ1v) is 7.64. The van der Waals surface area contributed by atoms with E-state index >= 15 is 0 Å². The van der Waals surface area contributed by atoms with Crippen LogP contribution in [0.5, 0.6) is 0 Å². The van der Waals surface area contributed by atoms with Gasteiger partial charge in [0.1, 0.15) is 0 Å². The monoisotopic (exact) mass is 260 g/mol. The first-order valence-electron chi connectivity index (χ1n) is 7.64. The zero-order valence-corrected chi connectivity index (χ0v) is 11.6.